The second-order valence-electron chi connectivity index (χ2n) is 7.89. The molecule has 30 heavy (non-hydrogen) atoms. The number of aromatic nitrogens is 3. The molecule has 4 aromatic rings. The summed E-state index contributed by atoms with van der Waals surface area (Å²) >= 11 is 0. The minimum atomic E-state index is -0.164. The number of amides is 1. The van der Waals surface area contributed by atoms with Gasteiger partial charge >= 0.3 is 0 Å². The molecule has 0 atom stereocenters. The Morgan fingerprint density at radius 2 is 1.50 bits per heavy atom. The minimum absolute atomic E-state index is 0.164. The third-order valence-corrected chi connectivity index (χ3v) is 5.53. The van der Waals surface area contributed by atoms with Crippen molar-refractivity contribution in [3.8, 4) is 0 Å². The van der Waals surface area contributed by atoms with Crippen molar-refractivity contribution >= 4 is 11.6 Å². The molecule has 0 aliphatic heterocycles. The van der Waals surface area contributed by atoms with Gasteiger partial charge in [0.25, 0.3) is 5.91 Å². The SMILES string of the molecule is Cc1ccc(CNC(=O)c2cnn3c(C)c(Cc4ccc(C)cc4)c(C)nc23)cc1. The predicted octanol–water partition coefficient (Wildman–Crippen LogP) is 4.48. The molecular formula is C25H26N4O. The normalized spacial score (nSPS) is 11.1. The van der Waals surface area contributed by atoms with Crippen molar-refractivity contribution in [1.29, 1.82) is 0 Å². The molecule has 1 N–H and O–H groups in total. The van der Waals surface area contributed by atoms with Gasteiger partial charge in [-0.2, -0.15) is 5.10 Å². The molecule has 0 fully saturated rings. The highest BCUT2D eigenvalue weighted by Gasteiger charge is 2.18. The number of carbonyl (C=O) groups excluding carboxylic acids is 1. The lowest BCUT2D eigenvalue weighted by molar-refractivity contribution is 0.0952. The van der Waals surface area contributed by atoms with E-state index in [1.165, 1.54) is 16.7 Å². The fourth-order valence-electron chi connectivity index (χ4n) is 3.62. The number of carbonyl (C=O) groups is 1. The van der Waals surface area contributed by atoms with Gasteiger partial charge in [-0.05, 0) is 44.4 Å². The molecule has 0 aliphatic rings. The Morgan fingerprint density at radius 3 is 2.13 bits per heavy atom. The van der Waals surface area contributed by atoms with Gasteiger partial charge in [-0.3, -0.25) is 4.79 Å². The fraction of sp³-hybridized carbons (Fsp3) is 0.240. The van der Waals surface area contributed by atoms with Gasteiger partial charge in [-0.15, -0.1) is 0 Å². The summed E-state index contributed by atoms with van der Waals surface area (Å²) in [7, 11) is 0. The van der Waals surface area contributed by atoms with Gasteiger partial charge in [-0.25, -0.2) is 9.50 Å². The molecule has 2 aromatic carbocycles. The first-order valence-corrected chi connectivity index (χ1v) is 10.2. The van der Waals surface area contributed by atoms with Crippen molar-refractivity contribution in [2.75, 3.05) is 0 Å². The first kappa shape index (κ1) is 19.8. The van der Waals surface area contributed by atoms with Crippen LogP contribution in [0.1, 0.15) is 49.6 Å². The molecule has 2 heterocycles. The summed E-state index contributed by atoms with van der Waals surface area (Å²) in [6, 6.07) is 16.7. The summed E-state index contributed by atoms with van der Waals surface area (Å²) in [6.45, 7) is 8.64. The Bertz CT molecular complexity index is 1200. The van der Waals surface area contributed by atoms with E-state index in [0.29, 0.717) is 17.8 Å². The fourth-order valence-corrected chi connectivity index (χ4v) is 3.62. The Hall–Kier alpha value is -3.47. The van der Waals surface area contributed by atoms with Gasteiger partial charge in [-0.1, -0.05) is 59.7 Å². The Labute approximate surface area is 176 Å². The summed E-state index contributed by atoms with van der Waals surface area (Å²) in [6.07, 6.45) is 2.39. The Kier molecular flexibility index (Phi) is 5.36. The van der Waals surface area contributed by atoms with Crippen molar-refractivity contribution < 1.29 is 4.79 Å². The lowest BCUT2D eigenvalue weighted by Gasteiger charge is -2.12. The highest BCUT2D eigenvalue weighted by Crippen LogP contribution is 2.20. The van der Waals surface area contributed by atoms with Crippen LogP contribution in [0.5, 0.6) is 0 Å². The zero-order chi connectivity index (χ0) is 21.3. The molecule has 0 aliphatic carbocycles. The standard InChI is InChI=1S/C25H26N4O/c1-16-5-9-20(10-6-16)13-22-18(3)28-24-23(15-27-29(24)19(22)4)25(30)26-14-21-11-7-17(2)8-12-21/h5-12,15H,13-14H2,1-4H3,(H,26,30). The van der Waals surface area contributed by atoms with Crippen molar-refractivity contribution in [1.82, 2.24) is 19.9 Å². The zero-order valence-electron chi connectivity index (χ0n) is 17.9. The average Bonchev–Trinajstić information content (AvgIpc) is 3.16. The third kappa shape index (κ3) is 3.96. The van der Waals surface area contributed by atoms with Crippen LogP contribution < -0.4 is 5.32 Å². The van der Waals surface area contributed by atoms with Crippen molar-refractivity contribution in [3.05, 3.63) is 99.5 Å². The van der Waals surface area contributed by atoms with Gasteiger partial charge in [0.05, 0.1) is 6.20 Å². The van der Waals surface area contributed by atoms with Crippen LogP contribution in [-0.4, -0.2) is 20.5 Å². The maximum absolute atomic E-state index is 12.8. The van der Waals surface area contributed by atoms with Crippen LogP contribution in [0.25, 0.3) is 5.65 Å². The Morgan fingerprint density at radius 1 is 0.900 bits per heavy atom. The molecule has 5 nitrogen and oxygen atoms in total. The van der Waals surface area contributed by atoms with Gasteiger partial charge in [0.1, 0.15) is 5.56 Å². The van der Waals surface area contributed by atoms with E-state index in [0.717, 1.165) is 28.9 Å². The largest absolute Gasteiger partial charge is 0.348 e. The summed E-state index contributed by atoms with van der Waals surface area (Å²) < 4.78 is 1.78. The van der Waals surface area contributed by atoms with Gasteiger partial charge in [0.2, 0.25) is 0 Å². The molecule has 0 spiro atoms. The number of benzene rings is 2. The highest BCUT2D eigenvalue weighted by atomic mass is 16.1. The molecule has 0 saturated heterocycles. The second-order valence-corrected chi connectivity index (χ2v) is 7.89. The minimum Gasteiger partial charge on any atom is -0.348 e. The number of hydrogen-bond donors (Lipinski definition) is 1. The van der Waals surface area contributed by atoms with E-state index in [2.05, 4.69) is 41.6 Å². The zero-order valence-corrected chi connectivity index (χ0v) is 17.9. The van der Waals surface area contributed by atoms with Gasteiger partial charge < -0.3 is 5.32 Å². The van der Waals surface area contributed by atoms with E-state index in [9.17, 15) is 4.79 Å². The van der Waals surface area contributed by atoms with E-state index in [1.54, 1.807) is 10.7 Å². The van der Waals surface area contributed by atoms with E-state index < -0.39 is 0 Å². The van der Waals surface area contributed by atoms with E-state index >= 15 is 0 Å². The number of fused-ring (bicyclic) bond motifs is 1. The maximum atomic E-state index is 12.8. The number of nitrogens with zero attached hydrogens (tertiary/aromatic N) is 3. The van der Waals surface area contributed by atoms with E-state index in [-0.39, 0.29) is 5.91 Å². The Balaban J connectivity index is 1.59. The topological polar surface area (TPSA) is 59.3 Å². The molecular weight excluding hydrogens is 372 g/mol. The van der Waals surface area contributed by atoms with Crippen molar-refractivity contribution in [2.45, 2.75) is 40.7 Å². The van der Waals surface area contributed by atoms with Crippen LogP contribution in [-0.2, 0) is 13.0 Å². The molecule has 4 rings (SSSR count). The molecule has 0 radical (unpaired) electrons. The maximum Gasteiger partial charge on any atom is 0.257 e. The number of nitrogens with one attached hydrogen (secondary N) is 1. The first-order valence-electron chi connectivity index (χ1n) is 10.2. The molecule has 0 unspecified atom stereocenters. The van der Waals surface area contributed by atoms with Crippen LogP contribution in [0, 0.1) is 27.7 Å². The molecule has 5 heteroatoms. The monoisotopic (exact) mass is 398 g/mol. The predicted molar refractivity (Wildman–Crippen MR) is 119 cm³/mol. The van der Waals surface area contributed by atoms with Crippen LogP contribution in [0.2, 0.25) is 0 Å². The number of hydrogen-bond acceptors (Lipinski definition) is 3. The van der Waals surface area contributed by atoms with Crippen molar-refractivity contribution in [3.63, 3.8) is 0 Å². The van der Waals surface area contributed by atoms with Crippen LogP contribution in [0.3, 0.4) is 0 Å². The number of rotatable bonds is 5. The quantitative estimate of drug-likeness (QED) is 0.539. The van der Waals surface area contributed by atoms with Crippen LogP contribution >= 0.6 is 0 Å². The molecule has 2 aromatic heterocycles. The summed E-state index contributed by atoms with van der Waals surface area (Å²) in [5.41, 5.74) is 8.90. The van der Waals surface area contributed by atoms with Crippen LogP contribution in [0.4, 0.5) is 0 Å². The molecule has 0 bridgehead atoms. The molecule has 0 saturated carbocycles. The molecule has 1 amide bonds. The van der Waals surface area contributed by atoms with Gasteiger partial charge in [0, 0.05) is 24.4 Å². The lowest BCUT2D eigenvalue weighted by Crippen LogP contribution is -2.23. The summed E-state index contributed by atoms with van der Waals surface area (Å²) in [5, 5.41) is 7.44. The van der Waals surface area contributed by atoms with Crippen LogP contribution in [0.15, 0.2) is 54.7 Å². The van der Waals surface area contributed by atoms with Gasteiger partial charge in [0.15, 0.2) is 5.65 Å². The summed E-state index contributed by atoms with van der Waals surface area (Å²) in [5.74, 6) is -0.164. The second kappa shape index (κ2) is 8.11. The van der Waals surface area contributed by atoms with E-state index in [1.807, 2.05) is 45.0 Å². The first-order chi connectivity index (χ1) is 14.4. The van der Waals surface area contributed by atoms with E-state index in [4.69, 9.17) is 4.98 Å². The lowest BCUT2D eigenvalue weighted by atomic mass is 10.0. The third-order valence-electron chi connectivity index (χ3n) is 5.53. The average molecular weight is 399 g/mol. The highest BCUT2D eigenvalue weighted by molar-refractivity contribution is 5.99. The summed E-state index contributed by atoms with van der Waals surface area (Å²) in [4.78, 5) is 17.5. The number of aryl methyl sites for hydroxylation is 4. The van der Waals surface area contributed by atoms with Crippen molar-refractivity contribution in [2.24, 2.45) is 0 Å². The smallest absolute Gasteiger partial charge is 0.257 e. The molecule has 152 valence electrons.